The average molecular weight is 262 g/mol. The number of benzene rings is 1. The first-order chi connectivity index (χ1) is 7.46. The van der Waals surface area contributed by atoms with Crippen LogP contribution in [0.15, 0.2) is 18.2 Å². The highest BCUT2D eigenvalue weighted by atomic mass is 35.5. The minimum absolute atomic E-state index is 0.0714. The highest BCUT2D eigenvalue weighted by Crippen LogP contribution is 2.24. The summed E-state index contributed by atoms with van der Waals surface area (Å²) in [5.41, 5.74) is 6.31. The lowest BCUT2D eigenvalue weighted by atomic mass is 10.3. The van der Waals surface area contributed by atoms with Gasteiger partial charge in [-0.15, -0.1) is 0 Å². The van der Waals surface area contributed by atoms with Gasteiger partial charge in [0.05, 0.1) is 16.4 Å². The fraction of sp³-hybridized carbons (Fsp3) is 0.333. The first-order valence-corrected chi connectivity index (χ1v) is 6.67. The molecular weight excluding hydrogens is 250 g/mol. The number of anilines is 2. The Morgan fingerprint density at radius 1 is 1.38 bits per heavy atom. The van der Waals surface area contributed by atoms with Crippen LogP contribution in [-0.2, 0) is 10.2 Å². The van der Waals surface area contributed by atoms with Crippen LogP contribution < -0.4 is 15.2 Å². The van der Waals surface area contributed by atoms with Gasteiger partial charge in [0.25, 0.3) is 10.2 Å². The van der Waals surface area contributed by atoms with E-state index in [1.807, 2.05) is 0 Å². The highest BCUT2D eigenvalue weighted by Gasteiger charge is 2.26. The minimum Gasteiger partial charge on any atom is -0.397 e. The molecule has 0 aromatic heterocycles. The van der Waals surface area contributed by atoms with Crippen LogP contribution in [0.3, 0.4) is 0 Å². The van der Waals surface area contributed by atoms with Crippen molar-refractivity contribution in [3.8, 4) is 0 Å². The molecule has 2 rings (SSSR count). The number of nitrogens with one attached hydrogen (secondary N) is 2. The predicted octanol–water partition coefficient (Wildman–Crippen LogP) is 1.33. The molecule has 4 N–H and O–H groups in total. The molecule has 0 radical (unpaired) electrons. The molecule has 16 heavy (non-hydrogen) atoms. The summed E-state index contributed by atoms with van der Waals surface area (Å²) in [7, 11) is -3.50. The fourth-order valence-corrected chi connectivity index (χ4v) is 2.50. The number of rotatable bonds is 4. The second kappa shape index (κ2) is 4.12. The SMILES string of the molecule is Nc1cc(NS(=O)(=O)NC2CC2)ccc1Cl. The van der Waals surface area contributed by atoms with E-state index in [0.717, 1.165) is 12.8 Å². The van der Waals surface area contributed by atoms with Gasteiger partial charge in [0.15, 0.2) is 0 Å². The van der Waals surface area contributed by atoms with E-state index in [0.29, 0.717) is 16.4 Å². The van der Waals surface area contributed by atoms with Crippen molar-refractivity contribution in [2.24, 2.45) is 0 Å². The topological polar surface area (TPSA) is 84.2 Å². The summed E-state index contributed by atoms with van der Waals surface area (Å²) in [4.78, 5) is 0. The fourth-order valence-electron chi connectivity index (χ4n) is 1.21. The summed E-state index contributed by atoms with van der Waals surface area (Å²) in [6.45, 7) is 0. The zero-order chi connectivity index (χ0) is 11.8. The second-order valence-electron chi connectivity index (χ2n) is 3.73. The Labute approximate surface area is 99.2 Å². The van der Waals surface area contributed by atoms with E-state index < -0.39 is 10.2 Å². The molecule has 0 spiro atoms. The Balaban J connectivity index is 2.10. The lowest BCUT2D eigenvalue weighted by molar-refractivity contribution is 0.586. The van der Waals surface area contributed by atoms with Gasteiger partial charge in [0.1, 0.15) is 0 Å². The van der Waals surface area contributed by atoms with Crippen LogP contribution in [0.1, 0.15) is 12.8 Å². The van der Waals surface area contributed by atoms with E-state index in [1.54, 1.807) is 12.1 Å². The minimum atomic E-state index is -3.50. The molecule has 1 aliphatic rings. The molecule has 0 unspecified atom stereocenters. The first-order valence-electron chi connectivity index (χ1n) is 4.81. The third-order valence-electron chi connectivity index (χ3n) is 2.15. The summed E-state index contributed by atoms with van der Waals surface area (Å²) in [5, 5.41) is 0.401. The Morgan fingerprint density at radius 2 is 2.06 bits per heavy atom. The Bertz CT molecular complexity index is 499. The largest absolute Gasteiger partial charge is 0.397 e. The van der Waals surface area contributed by atoms with Gasteiger partial charge in [-0.05, 0) is 31.0 Å². The lowest BCUT2D eigenvalue weighted by Crippen LogP contribution is -2.31. The van der Waals surface area contributed by atoms with Crippen molar-refractivity contribution in [2.45, 2.75) is 18.9 Å². The Morgan fingerprint density at radius 3 is 2.62 bits per heavy atom. The number of nitrogen functional groups attached to an aromatic ring is 1. The van der Waals surface area contributed by atoms with Gasteiger partial charge in [-0.3, -0.25) is 4.72 Å². The smallest absolute Gasteiger partial charge is 0.299 e. The van der Waals surface area contributed by atoms with Crippen molar-refractivity contribution in [1.29, 1.82) is 0 Å². The van der Waals surface area contributed by atoms with Gasteiger partial charge in [0.2, 0.25) is 0 Å². The maximum absolute atomic E-state index is 11.6. The summed E-state index contributed by atoms with van der Waals surface area (Å²) < 4.78 is 28.0. The summed E-state index contributed by atoms with van der Waals surface area (Å²) >= 11 is 5.73. The van der Waals surface area contributed by atoms with Crippen LogP contribution in [-0.4, -0.2) is 14.5 Å². The molecule has 1 aromatic carbocycles. The van der Waals surface area contributed by atoms with E-state index in [4.69, 9.17) is 17.3 Å². The molecular formula is C9H12ClN3O2S. The van der Waals surface area contributed by atoms with Crippen molar-refractivity contribution in [1.82, 2.24) is 4.72 Å². The second-order valence-corrected chi connectivity index (χ2v) is 5.59. The van der Waals surface area contributed by atoms with Crippen molar-refractivity contribution in [2.75, 3.05) is 10.5 Å². The zero-order valence-electron chi connectivity index (χ0n) is 8.40. The van der Waals surface area contributed by atoms with Crippen molar-refractivity contribution >= 4 is 33.2 Å². The van der Waals surface area contributed by atoms with E-state index in [2.05, 4.69) is 9.44 Å². The van der Waals surface area contributed by atoms with Gasteiger partial charge < -0.3 is 5.73 Å². The maximum Gasteiger partial charge on any atom is 0.299 e. The van der Waals surface area contributed by atoms with Gasteiger partial charge in [0, 0.05) is 6.04 Å². The van der Waals surface area contributed by atoms with E-state index >= 15 is 0 Å². The number of hydrogen-bond donors (Lipinski definition) is 3. The number of nitrogens with two attached hydrogens (primary N) is 1. The molecule has 1 saturated carbocycles. The number of halogens is 1. The van der Waals surface area contributed by atoms with Gasteiger partial charge in [-0.2, -0.15) is 13.1 Å². The maximum atomic E-state index is 11.6. The molecule has 0 atom stereocenters. The molecule has 1 aliphatic carbocycles. The molecule has 1 fully saturated rings. The van der Waals surface area contributed by atoms with E-state index in [9.17, 15) is 8.42 Å². The Kier molecular flexibility index (Phi) is 2.96. The molecule has 88 valence electrons. The zero-order valence-corrected chi connectivity index (χ0v) is 9.98. The molecule has 0 amide bonds. The van der Waals surface area contributed by atoms with E-state index in [-0.39, 0.29) is 6.04 Å². The van der Waals surface area contributed by atoms with Crippen LogP contribution >= 0.6 is 11.6 Å². The molecule has 1 aromatic rings. The normalized spacial score (nSPS) is 16.1. The summed E-state index contributed by atoms with van der Waals surface area (Å²) in [6, 6.07) is 4.66. The quantitative estimate of drug-likeness (QED) is 0.715. The van der Waals surface area contributed by atoms with Gasteiger partial charge in [-0.25, -0.2) is 0 Å². The molecule has 0 aliphatic heterocycles. The molecule has 0 saturated heterocycles. The third kappa shape index (κ3) is 3.01. The van der Waals surface area contributed by atoms with Crippen LogP contribution in [0.25, 0.3) is 0 Å². The van der Waals surface area contributed by atoms with Gasteiger partial charge in [-0.1, -0.05) is 11.6 Å². The number of hydrogen-bond acceptors (Lipinski definition) is 3. The van der Waals surface area contributed by atoms with Crippen LogP contribution in [0.5, 0.6) is 0 Å². The Hall–Kier alpha value is -0.980. The monoisotopic (exact) mass is 261 g/mol. The molecule has 0 heterocycles. The van der Waals surface area contributed by atoms with Crippen LogP contribution in [0.2, 0.25) is 5.02 Å². The first kappa shape index (κ1) is 11.5. The average Bonchev–Trinajstić information content (AvgIpc) is 2.94. The van der Waals surface area contributed by atoms with E-state index in [1.165, 1.54) is 6.07 Å². The lowest BCUT2D eigenvalue weighted by Gasteiger charge is -2.09. The third-order valence-corrected chi connectivity index (χ3v) is 3.64. The van der Waals surface area contributed by atoms with Crippen molar-refractivity contribution in [3.05, 3.63) is 23.2 Å². The predicted molar refractivity (Wildman–Crippen MR) is 64.6 cm³/mol. The highest BCUT2D eigenvalue weighted by molar-refractivity contribution is 7.90. The van der Waals surface area contributed by atoms with Crippen LogP contribution in [0, 0.1) is 0 Å². The van der Waals surface area contributed by atoms with Crippen LogP contribution in [0.4, 0.5) is 11.4 Å². The van der Waals surface area contributed by atoms with Crippen molar-refractivity contribution < 1.29 is 8.42 Å². The van der Waals surface area contributed by atoms with Crippen molar-refractivity contribution in [3.63, 3.8) is 0 Å². The van der Waals surface area contributed by atoms with Gasteiger partial charge >= 0.3 is 0 Å². The summed E-state index contributed by atoms with van der Waals surface area (Å²) in [5.74, 6) is 0. The standard InChI is InChI=1S/C9H12ClN3O2S/c10-8-4-3-7(5-9(8)11)13-16(14,15)12-6-1-2-6/h3-6,12-13H,1-2,11H2. The summed E-state index contributed by atoms with van der Waals surface area (Å²) in [6.07, 6.45) is 1.79. The molecule has 7 heteroatoms. The molecule has 5 nitrogen and oxygen atoms in total. The molecule has 0 bridgehead atoms.